The number of imidazole rings is 1. The van der Waals surface area contributed by atoms with Gasteiger partial charge >= 0.3 is 5.65 Å². The zero-order valence-corrected chi connectivity index (χ0v) is 23.9. The van der Waals surface area contributed by atoms with Gasteiger partial charge in [0.1, 0.15) is 11.2 Å². The topological polar surface area (TPSA) is 34.8 Å². The first-order valence-electron chi connectivity index (χ1n) is 15.9. The number of fused-ring (bicyclic) bond motifs is 4. The number of hydrogen-bond acceptors (Lipinski definition) is 2. The summed E-state index contributed by atoms with van der Waals surface area (Å²) in [5, 5.41) is 2.05. The van der Waals surface area contributed by atoms with Crippen LogP contribution in [0.1, 0.15) is 15.2 Å². The fraction of sp³-hybridized carbons (Fsp3) is 0.0769. The van der Waals surface area contributed by atoms with E-state index in [1.54, 1.807) is 0 Å². The minimum atomic E-state index is -2.31. The highest BCUT2D eigenvalue weighted by molar-refractivity contribution is 6.09. The molecule has 0 N–H and O–H groups in total. The maximum Gasteiger partial charge on any atom is 0.314 e. The van der Waals surface area contributed by atoms with Crippen molar-refractivity contribution in [3.05, 3.63) is 139 Å². The number of nitrogens with zero attached hydrogens (tertiary/aromatic N) is 3. The van der Waals surface area contributed by atoms with Crippen LogP contribution >= 0.6 is 0 Å². The number of rotatable bonds is 4. The molecule has 4 nitrogen and oxygen atoms in total. The highest BCUT2D eigenvalue weighted by atomic mass is 16.3. The van der Waals surface area contributed by atoms with Crippen LogP contribution in [0, 0.1) is 13.8 Å². The molecule has 0 saturated heterocycles. The molecule has 0 bridgehead atoms. The molecule has 8 aromatic rings. The fourth-order valence-corrected chi connectivity index (χ4v) is 6.35. The van der Waals surface area contributed by atoms with E-state index in [-0.39, 0.29) is 5.56 Å². The molecule has 0 unspecified atom stereocenters. The van der Waals surface area contributed by atoms with Gasteiger partial charge in [-0.3, -0.25) is 0 Å². The quantitative estimate of drug-likeness (QED) is 0.201. The Labute approximate surface area is 254 Å². The predicted octanol–water partition coefficient (Wildman–Crippen LogP) is 9.37. The molecule has 3 aromatic heterocycles. The Bertz CT molecular complexity index is 2360. The zero-order valence-electron chi connectivity index (χ0n) is 26.9. The molecule has 0 fully saturated rings. The number of hydrogen-bond donors (Lipinski definition) is 0. The summed E-state index contributed by atoms with van der Waals surface area (Å²) in [6, 6.07) is 39.9. The molecule has 5 aromatic carbocycles. The molecule has 3 heterocycles. The summed E-state index contributed by atoms with van der Waals surface area (Å²) in [5.74, 6) is 0.705. The Kier molecular flexibility index (Phi) is 5.06. The third-order valence-electron chi connectivity index (χ3n) is 8.12. The second-order valence-corrected chi connectivity index (χ2v) is 11.0. The smallest absolute Gasteiger partial charge is 0.314 e. The molecule has 206 valence electrons. The van der Waals surface area contributed by atoms with Crippen molar-refractivity contribution in [1.82, 2.24) is 9.55 Å². The van der Waals surface area contributed by atoms with Gasteiger partial charge in [0.25, 0.3) is 0 Å². The maximum absolute atomic E-state index is 8.44. The molecule has 0 aliphatic heterocycles. The number of aromatic nitrogens is 3. The Balaban J connectivity index is 1.58. The molecular formula is C39H30N3O+. The third-order valence-corrected chi connectivity index (χ3v) is 8.12. The summed E-state index contributed by atoms with van der Waals surface area (Å²) in [7, 11) is 2.03. The van der Waals surface area contributed by atoms with E-state index < -0.39 is 6.85 Å². The number of benzene rings is 5. The van der Waals surface area contributed by atoms with Gasteiger partial charge in [-0.05, 0) is 66.4 Å². The lowest BCUT2D eigenvalue weighted by Gasteiger charge is -2.16. The van der Waals surface area contributed by atoms with Crippen molar-refractivity contribution in [2.24, 2.45) is 7.05 Å². The Morgan fingerprint density at radius 3 is 2.05 bits per heavy atom. The van der Waals surface area contributed by atoms with E-state index in [4.69, 9.17) is 13.5 Å². The van der Waals surface area contributed by atoms with Gasteiger partial charge in [-0.2, -0.15) is 4.57 Å². The lowest BCUT2D eigenvalue weighted by Crippen LogP contribution is -2.31. The normalized spacial score (nSPS) is 12.9. The van der Waals surface area contributed by atoms with Gasteiger partial charge < -0.3 is 4.42 Å². The monoisotopic (exact) mass is 559 g/mol. The van der Waals surface area contributed by atoms with Crippen LogP contribution < -0.4 is 4.57 Å². The summed E-state index contributed by atoms with van der Waals surface area (Å²) in [4.78, 5) is 5.31. The molecule has 0 radical (unpaired) electrons. The molecule has 0 amide bonds. The average molecular weight is 560 g/mol. The van der Waals surface area contributed by atoms with E-state index in [9.17, 15) is 0 Å². The molecular weight excluding hydrogens is 526 g/mol. The zero-order chi connectivity index (χ0) is 31.6. The Hall–Kier alpha value is -5.48. The van der Waals surface area contributed by atoms with Crippen LogP contribution in [0.3, 0.4) is 0 Å². The largest absolute Gasteiger partial charge is 0.455 e. The van der Waals surface area contributed by atoms with Crippen LogP contribution in [0.15, 0.2) is 132 Å². The van der Waals surface area contributed by atoms with Crippen LogP contribution in [0.25, 0.3) is 72.4 Å². The van der Waals surface area contributed by atoms with Crippen molar-refractivity contribution in [3.63, 3.8) is 0 Å². The van der Waals surface area contributed by atoms with Crippen molar-refractivity contribution in [2.45, 2.75) is 13.8 Å². The first kappa shape index (κ1) is 22.2. The minimum absolute atomic E-state index is 0.277. The maximum atomic E-state index is 8.44. The first-order chi connectivity index (χ1) is 22.3. The van der Waals surface area contributed by atoms with E-state index in [2.05, 4.69) is 46.5 Å². The number of pyridine rings is 1. The van der Waals surface area contributed by atoms with Crippen molar-refractivity contribution in [3.8, 4) is 39.3 Å². The molecule has 43 heavy (non-hydrogen) atoms. The summed E-state index contributed by atoms with van der Waals surface area (Å²) in [6.45, 7) is -0.249. The van der Waals surface area contributed by atoms with Gasteiger partial charge in [-0.25, -0.2) is 9.55 Å². The minimum Gasteiger partial charge on any atom is -0.455 e. The van der Waals surface area contributed by atoms with Crippen LogP contribution in [0.5, 0.6) is 0 Å². The van der Waals surface area contributed by atoms with Gasteiger partial charge in [0.05, 0.1) is 18.8 Å². The second-order valence-electron chi connectivity index (χ2n) is 11.0. The molecule has 0 aliphatic carbocycles. The molecule has 0 atom stereocenters. The Morgan fingerprint density at radius 2 is 1.35 bits per heavy atom. The molecule has 4 heteroatoms. The second kappa shape index (κ2) is 9.81. The SMILES string of the molecule is [2H]C([2H])([2H])c1cc(-c2ccccc2)c(-n2c(-c3cccc4c3oc3ccccc34)nc3cc(C)c[n+](C)c32)c(-c2ccccc2)c1. The summed E-state index contributed by atoms with van der Waals surface area (Å²) < 4.78 is 36.2. The number of para-hydroxylation sites is 2. The van der Waals surface area contributed by atoms with Crippen molar-refractivity contribution in [1.29, 1.82) is 0 Å². The average Bonchev–Trinajstić information content (AvgIpc) is 3.63. The van der Waals surface area contributed by atoms with Gasteiger partial charge in [0.2, 0.25) is 5.82 Å². The van der Waals surface area contributed by atoms with Gasteiger partial charge in [0, 0.05) is 26.0 Å². The lowest BCUT2D eigenvalue weighted by molar-refractivity contribution is -0.647. The van der Waals surface area contributed by atoms with E-state index >= 15 is 0 Å². The fourth-order valence-electron chi connectivity index (χ4n) is 6.35. The van der Waals surface area contributed by atoms with Crippen LogP contribution in [-0.4, -0.2) is 9.55 Å². The van der Waals surface area contributed by atoms with Gasteiger partial charge in [-0.15, -0.1) is 0 Å². The molecule has 8 rings (SSSR count). The number of furan rings is 1. The molecule has 0 aliphatic rings. The van der Waals surface area contributed by atoms with Crippen molar-refractivity contribution in [2.75, 3.05) is 0 Å². The van der Waals surface area contributed by atoms with Crippen molar-refractivity contribution >= 4 is 33.1 Å². The molecule has 0 spiro atoms. The number of aryl methyl sites for hydroxylation is 3. The van der Waals surface area contributed by atoms with E-state index in [0.717, 1.165) is 72.2 Å². The standard InChI is InChI=1S/C39H30N3O/c1-25-21-32(27-13-6-4-7-14-27)36(33(22-25)28-15-8-5-9-16-28)42-38(40-34-23-26(2)24-41(3)39(34)42)31-19-12-18-30-29-17-10-11-20-35(29)43-37(30)31/h4-24H,1-3H3/q+1/i1D3. The highest BCUT2D eigenvalue weighted by Gasteiger charge is 2.31. The van der Waals surface area contributed by atoms with Gasteiger partial charge in [0.15, 0.2) is 11.2 Å². The predicted molar refractivity (Wildman–Crippen MR) is 175 cm³/mol. The summed E-state index contributed by atoms with van der Waals surface area (Å²) in [5.41, 5.74) is 9.72. The van der Waals surface area contributed by atoms with Crippen LogP contribution in [0.2, 0.25) is 0 Å². The third kappa shape index (κ3) is 4.06. The molecule has 0 saturated carbocycles. The summed E-state index contributed by atoms with van der Waals surface area (Å²) in [6.07, 6.45) is 2.09. The first-order valence-corrected chi connectivity index (χ1v) is 14.4. The van der Waals surface area contributed by atoms with Gasteiger partial charge in [-0.1, -0.05) is 91.0 Å². The van der Waals surface area contributed by atoms with Crippen LogP contribution in [0.4, 0.5) is 0 Å². The van der Waals surface area contributed by atoms with E-state index in [0.29, 0.717) is 5.82 Å². The highest BCUT2D eigenvalue weighted by Crippen LogP contribution is 2.42. The van der Waals surface area contributed by atoms with Crippen molar-refractivity contribution < 1.29 is 13.1 Å². The Morgan fingerprint density at radius 1 is 0.698 bits per heavy atom. The lowest BCUT2D eigenvalue weighted by atomic mass is 9.93. The van der Waals surface area contributed by atoms with E-state index in [1.165, 1.54) is 0 Å². The van der Waals surface area contributed by atoms with Crippen LogP contribution in [-0.2, 0) is 7.05 Å². The van der Waals surface area contributed by atoms with E-state index in [1.807, 2.05) is 104 Å². The summed E-state index contributed by atoms with van der Waals surface area (Å²) >= 11 is 0.